The van der Waals surface area contributed by atoms with Crippen LogP contribution in [0.3, 0.4) is 0 Å². The molecule has 168 valence electrons. The van der Waals surface area contributed by atoms with Crippen molar-refractivity contribution in [1.82, 2.24) is 10.3 Å². The largest absolute Gasteiger partial charge is 0.468 e. The van der Waals surface area contributed by atoms with Crippen LogP contribution in [-0.4, -0.2) is 28.8 Å². The van der Waals surface area contributed by atoms with Crippen LogP contribution in [0.1, 0.15) is 37.4 Å². The monoisotopic (exact) mass is 448 g/mol. The average molecular weight is 448 g/mol. The predicted molar refractivity (Wildman–Crippen MR) is 95.3 cm³/mol. The molecule has 1 amide bonds. The van der Waals surface area contributed by atoms with Crippen LogP contribution in [0.2, 0.25) is 0 Å². The number of carbonyl (C=O) groups excluding carboxylic acids is 1. The molecule has 1 fully saturated rings. The van der Waals surface area contributed by atoms with Gasteiger partial charge in [0.15, 0.2) is 6.61 Å². The minimum absolute atomic E-state index is 0.249. The first-order valence-corrected chi connectivity index (χ1v) is 9.17. The van der Waals surface area contributed by atoms with Gasteiger partial charge in [0, 0.05) is 18.2 Å². The summed E-state index contributed by atoms with van der Waals surface area (Å²) in [6.45, 7) is -0.518. The smallest absolute Gasteiger partial charge is 0.422 e. The van der Waals surface area contributed by atoms with Crippen LogP contribution in [0.15, 0.2) is 30.3 Å². The number of nitrogens with zero attached hydrogens (tertiary/aromatic N) is 1. The zero-order chi connectivity index (χ0) is 23.0. The summed E-state index contributed by atoms with van der Waals surface area (Å²) in [5, 5.41) is 13.1. The molecular weight excluding hydrogens is 430 g/mol. The lowest BCUT2D eigenvalue weighted by molar-refractivity contribution is -0.154. The topological polar surface area (TPSA) is 71.5 Å². The van der Waals surface area contributed by atoms with E-state index >= 15 is 0 Å². The molecule has 1 aliphatic carbocycles. The number of hydrogen-bond donors (Lipinski definition) is 2. The molecule has 3 rings (SSSR count). The van der Waals surface area contributed by atoms with Gasteiger partial charge in [-0.3, -0.25) is 4.79 Å². The molecule has 0 aliphatic heterocycles. The predicted octanol–water partition coefficient (Wildman–Crippen LogP) is 3.84. The summed E-state index contributed by atoms with van der Waals surface area (Å²) in [5.74, 6) is -4.92. The van der Waals surface area contributed by atoms with E-state index in [0.29, 0.717) is 25.0 Å². The summed E-state index contributed by atoms with van der Waals surface area (Å²) >= 11 is 0. The van der Waals surface area contributed by atoms with E-state index < -0.39 is 59.3 Å². The highest BCUT2D eigenvalue weighted by molar-refractivity contribution is 5.78. The first-order valence-electron chi connectivity index (χ1n) is 9.17. The maximum Gasteiger partial charge on any atom is 0.422 e. The number of ether oxygens (including phenoxy) is 1. The van der Waals surface area contributed by atoms with E-state index in [2.05, 4.69) is 15.0 Å². The Kier molecular flexibility index (Phi) is 5.92. The first kappa shape index (κ1) is 22.9. The molecule has 0 bridgehead atoms. The molecule has 1 aromatic carbocycles. The zero-order valence-electron chi connectivity index (χ0n) is 16.2. The summed E-state index contributed by atoms with van der Waals surface area (Å²) in [4.78, 5) is 16.5. The van der Waals surface area contributed by atoms with Crippen LogP contribution in [0.25, 0.3) is 0 Å². The normalized spacial score (nSPS) is 17.0. The third-order valence-corrected chi connectivity index (χ3v) is 4.78. The standard InChI is InChI=1S/C20H18F6N2O3/c1-18(30,17-12(22)7-11(21)8-13(17)23)9-15(29)28-19(5-6-19)14-3-2-4-16(27-14)31-10-20(24,25)26/h2-4,7-8,30H,5-6,9-10H2,1H3,(H,28,29). The zero-order valence-corrected chi connectivity index (χ0v) is 16.2. The second-order valence-corrected chi connectivity index (χ2v) is 7.59. The van der Waals surface area contributed by atoms with Gasteiger partial charge < -0.3 is 15.2 Å². The Balaban J connectivity index is 1.72. The van der Waals surface area contributed by atoms with Crippen molar-refractivity contribution in [3.8, 4) is 5.88 Å². The van der Waals surface area contributed by atoms with E-state index in [4.69, 9.17) is 0 Å². The lowest BCUT2D eigenvalue weighted by atomic mass is 9.90. The minimum atomic E-state index is -4.54. The third-order valence-electron chi connectivity index (χ3n) is 4.78. The molecule has 11 heteroatoms. The molecule has 31 heavy (non-hydrogen) atoms. The molecule has 2 N–H and O–H groups in total. The van der Waals surface area contributed by atoms with Gasteiger partial charge >= 0.3 is 6.18 Å². The van der Waals surface area contributed by atoms with Crippen LogP contribution >= 0.6 is 0 Å². The Morgan fingerprint density at radius 2 is 1.81 bits per heavy atom. The van der Waals surface area contributed by atoms with Gasteiger partial charge in [-0.1, -0.05) is 6.07 Å². The number of rotatable bonds is 7. The number of carbonyl (C=O) groups is 1. The van der Waals surface area contributed by atoms with Gasteiger partial charge in [0.05, 0.1) is 23.2 Å². The van der Waals surface area contributed by atoms with Crippen LogP contribution in [0.4, 0.5) is 26.3 Å². The average Bonchev–Trinajstić information content (AvgIpc) is 3.38. The van der Waals surface area contributed by atoms with Gasteiger partial charge in [-0.05, 0) is 25.8 Å². The number of aliphatic hydroxyl groups is 1. The van der Waals surface area contributed by atoms with Gasteiger partial charge in [0.2, 0.25) is 11.8 Å². The molecule has 1 saturated carbocycles. The number of aromatic nitrogens is 1. The van der Waals surface area contributed by atoms with E-state index in [1.54, 1.807) is 0 Å². The van der Waals surface area contributed by atoms with Gasteiger partial charge in [-0.2, -0.15) is 13.2 Å². The molecule has 1 aliphatic rings. The second-order valence-electron chi connectivity index (χ2n) is 7.59. The Bertz CT molecular complexity index is 966. The summed E-state index contributed by atoms with van der Waals surface area (Å²) in [5.41, 5.74) is -3.88. The van der Waals surface area contributed by atoms with Gasteiger partial charge in [-0.25, -0.2) is 18.2 Å². The van der Waals surface area contributed by atoms with Crippen molar-refractivity contribution in [2.45, 2.75) is 43.5 Å². The third kappa shape index (κ3) is 5.46. The molecule has 1 aromatic heterocycles. The van der Waals surface area contributed by atoms with E-state index in [9.17, 15) is 36.2 Å². The van der Waals surface area contributed by atoms with Crippen LogP contribution in [0.5, 0.6) is 5.88 Å². The van der Waals surface area contributed by atoms with Gasteiger partial charge in [0.1, 0.15) is 23.1 Å². The second kappa shape index (κ2) is 8.03. The number of benzene rings is 1. The summed E-state index contributed by atoms with van der Waals surface area (Å²) in [7, 11) is 0. The molecule has 1 atom stereocenters. The molecule has 2 aromatic rings. The fourth-order valence-electron chi connectivity index (χ4n) is 3.26. The fourth-order valence-corrected chi connectivity index (χ4v) is 3.26. The maximum atomic E-state index is 14.0. The lowest BCUT2D eigenvalue weighted by Crippen LogP contribution is -2.40. The van der Waals surface area contributed by atoms with Crippen molar-refractivity contribution in [3.63, 3.8) is 0 Å². The van der Waals surface area contributed by atoms with E-state index in [1.807, 2.05) is 0 Å². The number of hydrogen-bond acceptors (Lipinski definition) is 4. The first-order chi connectivity index (χ1) is 14.3. The Labute approximate surface area is 173 Å². The highest BCUT2D eigenvalue weighted by Crippen LogP contribution is 2.45. The van der Waals surface area contributed by atoms with Crippen LogP contribution in [-0.2, 0) is 15.9 Å². The van der Waals surface area contributed by atoms with Crippen molar-refractivity contribution >= 4 is 5.91 Å². The number of halogens is 6. The van der Waals surface area contributed by atoms with Crippen molar-refractivity contribution < 1.29 is 41.0 Å². The molecule has 1 heterocycles. The van der Waals surface area contributed by atoms with Crippen LogP contribution in [0, 0.1) is 17.5 Å². The molecule has 0 spiro atoms. The number of nitrogens with one attached hydrogen (secondary N) is 1. The SMILES string of the molecule is CC(O)(CC(=O)NC1(c2cccc(OCC(F)(F)F)n2)CC1)c1c(F)cc(F)cc1F. The Morgan fingerprint density at radius 3 is 2.35 bits per heavy atom. The van der Waals surface area contributed by atoms with E-state index in [1.165, 1.54) is 18.2 Å². The molecular formula is C20H18F6N2O3. The quantitative estimate of drug-likeness (QED) is 0.632. The van der Waals surface area contributed by atoms with Crippen LogP contribution < -0.4 is 10.1 Å². The summed E-state index contributed by atoms with van der Waals surface area (Å²) in [6, 6.07) is 4.93. The van der Waals surface area contributed by atoms with Gasteiger partial charge in [0.25, 0.3) is 0 Å². The molecule has 5 nitrogen and oxygen atoms in total. The maximum absolute atomic E-state index is 14.0. The van der Waals surface area contributed by atoms with Gasteiger partial charge in [-0.15, -0.1) is 0 Å². The summed E-state index contributed by atoms with van der Waals surface area (Å²) < 4.78 is 82.7. The minimum Gasteiger partial charge on any atom is -0.468 e. The highest BCUT2D eigenvalue weighted by atomic mass is 19.4. The fraction of sp³-hybridized carbons (Fsp3) is 0.400. The van der Waals surface area contributed by atoms with Crippen molar-refractivity contribution in [3.05, 3.63) is 59.0 Å². The number of pyridine rings is 1. The number of amides is 1. The lowest BCUT2D eigenvalue weighted by Gasteiger charge is -2.26. The van der Waals surface area contributed by atoms with Crippen molar-refractivity contribution in [2.75, 3.05) is 6.61 Å². The van der Waals surface area contributed by atoms with E-state index in [-0.39, 0.29) is 11.6 Å². The van der Waals surface area contributed by atoms with Crippen molar-refractivity contribution in [1.29, 1.82) is 0 Å². The number of alkyl halides is 3. The Hall–Kier alpha value is -2.82. The molecule has 0 radical (unpaired) electrons. The summed E-state index contributed by atoms with van der Waals surface area (Å²) in [6.07, 6.45) is -4.47. The molecule has 1 unspecified atom stereocenters. The van der Waals surface area contributed by atoms with Crippen molar-refractivity contribution in [2.24, 2.45) is 0 Å². The molecule has 0 saturated heterocycles. The highest BCUT2D eigenvalue weighted by Gasteiger charge is 2.48. The Morgan fingerprint density at radius 1 is 1.19 bits per heavy atom. The van der Waals surface area contributed by atoms with E-state index in [0.717, 1.165) is 6.92 Å².